The number of esters is 1. The zero-order valence-electron chi connectivity index (χ0n) is 38.8. The molecular formula is C48H98NO7P. The molecule has 9 heteroatoms. The topological polar surface area (TPSA) is 94.1 Å². The van der Waals surface area contributed by atoms with E-state index in [1.165, 1.54) is 193 Å². The summed E-state index contributed by atoms with van der Waals surface area (Å²) in [6, 6.07) is 0. The van der Waals surface area contributed by atoms with Crippen molar-refractivity contribution in [1.82, 2.24) is 0 Å². The Hall–Kier alpha value is -0.500. The molecular weight excluding hydrogens is 734 g/mol. The van der Waals surface area contributed by atoms with Crippen LogP contribution in [0.5, 0.6) is 0 Å². The van der Waals surface area contributed by atoms with Gasteiger partial charge in [-0.25, -0.2) is 0 Å². The van der Waals surface area contributed by atoms with Crippen molar-refractivity contribution in [3.05, 3.63) is 0 Å². The maximum atomic E-state index is 12.7. The van der Waals surface area contributed by atoms with Crippen molar-refractivity contribution >= 4 is 13.8 Å². The summed E-state index contributed by atoms with van der Waals surface area (Å²) in [7, 11) is 1.38. The molecule has 342 valence electrons. The predicted molar refractivity (Wildman–Crippen MR) is 241 cm³/mol. The molecule has 2 atom stereocenters. The largest absolute Gasteiger partial charge is 0.756 e. The third-order valence-electron chi connectivity index (χ3n) is 11.2. The second kappa shape index (κ2) is 42.2. The number of unbranched alkanes of at least 4 members (excludes halogenated alkanes) is 33. The molecule has 0 heterocycles. The van der Waals surface area contributed by atoms with Gasteiger partial charge in [0.15, 0.2) is 0 Å². The number of ether oxygens (including phenoxy) is 2. The Bertz CT molecular complexity index is 883. The molecule has 8 nitrogen and oxygen atoms in total. The van der Waals surface area contributed by atoms with Crippen LogP contribution < -0.4 is 4.89 Å². The van der Waals surface area contributed by atoms with Crippen molar-refractivity contribution < 1.29 is 37.3 Å². The van der Waals surface area contributed by atoms with Crippen LogP contribution in [0.15, 0.2) is 0 Å². The van der Waals surface area contributed by atoms with Crippen molar-refractivity contribution in [3.63, 3.8) is 0 Å². The molecule has 0 aromatic heterocycles. The molecule has 0 amide bonds. The number of phosphoric ester groups is 1. The van der Waals surface area contributed by atoms with E-state index >= 15 is 0 Å². The first kappa shape index (κ1) is 56.5. The number of hydrogen-bond donors (Lipinski definition) is 0. The quantitative estimate of drug-likeness (QED) is 0.0261. The third-order valence-corrected chi connectivity index (χ3v) is 12.1. The third kappa shape index (κ3) is 46.4. The summed E-state index contributed by atoms with van der Waals surface area (Å²) < 4.78 is 34.7. The van der Waals surface area contributed by atoms with Gasteiger partial charge in [-0.05, 0) is 12.8 Å². The van der Waals surface area contributed by atoms with Crippen molar-refractivity contribution in [2.45, 2.75) is 251 Å². The number of quaternary nitrogens is 1. The number of hydrogen-bond acceptors (Lipinski definition) is 7. The van der Waals surface area contributed by atoms with Crippen LogP contribution in [0.25, 0.3) is 0 Å². The van der Waals surface area contributed by atoms with Gasteiger partial charge in [0.05, 0.1) is 34.4 Å². The number of phosphoric acid groups is 1. The molecule has 0 radical (unpaired) electrons. The summed E-state index contributed by atoms with van der Waals surface area (Å²) in [6.45, 7) is 5.49. The van der Waals surface area contributed by atoms with Gasteiger partial charge in [0.1, 0.15) is 19.3 Å². The van der Waals surface area contributed by atoms with Gasteiger partial charge in [-0.3, -0.25) is 9.36 Å². The lowest BCUT2D eigenvalue weighted by molar-refractivity contribution is -0.870. The van der Waals surface area contributed by atoms with Gasteiger partial charge in [-0.2, -0.15) is 0 Å². The average Bonchev–Trinajstić information content (AvgIpc) is 3.16. The fraction of sp³-hybridized carbons (Fsp3) is 0.979. The van der Waals surface area contributed by atoms with Crippen LogP contribution in [0.1, 0.15) is 245 Å². The lowest BCUT2D eigenvalue weighted by Crippen LogP contribution is -2.37. The van der Waals surface area contributed by atoms with Crippen LogP contribution >= 0.6 is 7.82 Å². The van der Waals surface area contributed by atoms with Gasteiger partial charge in [-0.1, -0.05) is 226 Å². The SMILES string of the molecule is CCCCCCCCCCCCCCCCCCCCCOCC(COP(=O)([O-])OCC[N+](C)(C)C)OC(=O)CCCCCCCCCCCCCCCCCC. The van der Waals surface area contributed by atoms with Crippen LogP contribution in [0, 0.1) is 0 Å². The average molecular weight is 832 g/mol. The number of nitrogens with zero attached hydrogens (tertiary/aromatic N) is 1. The zero-order valence-corrected chi connectivity index (χ0v) is 39.7. The van der Waals surface area contributed by atoms with E-state index in [1.807, 2.05) is 21.1 Å². The molecule has 57 heavy (non-hydrogen) atoms. The first-order valence-electron chi connectivity index (χ1n) is 24.8. The highest BCUT2D eigenvalue weighted by Gasteiger charge is 2.20. The van der Waals surface area contributed by atoms with E-state index in [1.54, 1.807) is 0 Å². The molecule has 0 spiro atoms. The molecule has 2 unspecified atom stereocenters. The Kier molecular flexibility index (Phi) is 41.8. The normalized spacial score (nSPS) is 13.6. The van der Waals surface area contributed by atoms with Gasteiger partial charge in [0.2, 0.25) is 0 Å². The molecule has 0 aliphatic heterocycles. The predicted octanol–water partition coefficient (Wildman–Crippen LogP) is 14.2. The Morgan fingerprint density at radius 1 is 0.474 bits per heavy atom. The van der Waals surface area contributed by atoms with E-state index in [9.17, 15) is 14.3 Å². The smallest absolute Gasteiger partial charge is 0.306 e. The van der Waals surface area contributed by atoms with E-state index in [0.717, 1.165) is 32.1 Å². The second-order valence-electron chi connectivity index (χ2n) is 18.2. The Labute approximate surface area is 355 Å². The summed E-state index contributed by atoms with van der Waals surface area (Å²) in [6.07, 6.45) is 45.4. The fourth-order valence-electron chi connectivity index (χ4n) is 7.31. The van der Waals surface area contributed by atoms with Crippen molar-refractivity contribution in [1.29, 1.82) is 0 Å². The molecule has 0 bridgehead atoms. The standard InChI is InChI=1S/C48H98NO7P/c1-6-8-10-12-14-16-18-20-22-24-25-26-28-30-32-34-36-38-40-43-53-45-47(46-55-57(51,52)54-44-42-49(3,4)5)56-48(50)41-39-37-35-33-31-29-27-23-21-19-17-15-13-11-9-7-2/h47H,6-46H2,1-5H3. The molecule has 0 aliphatic carbocycles. The lowest BCUT2D eigenvalue weighted by Gasteiger charge is -2.28. The molecule has 0 aliphatic rings. The van der Waals surface area contributed by atoms with Gasteiger partial charge in [-0.15, -0.1) is 0 Å². The number of rotatable bonds is 47. The van der Waals surface area contributed by atoms with E-state index in [2.05, 4.69) is 13.8 Å². The van der Waals surface area contributed by atoms with Gasteiger partial charge < -0.3 is 27.9 Å². The van der Waals surface area contributed by atoms with Crippen LogP contribution in [-0.2, 0) is 27.9 Å². The maximum absolute atomic E-state index is 12.7. The lowest BCUT2D eigenvalue weighted by atomic mass is 10.0. The molecule has 0 aromatic carbocycles. The van der Waals surface area contributed by atoms with Crippen LogP contribution in [0.3, 0.4) is 0 Å². The molecule has 0 saturated heterocycles. The Morgan fingerprint density at radius 2 is 0.807 bits per heavy atom. The van der Waals surface area contributed by atoms with Gasteiger partial charge in [0, 0.05) is 13.0 Å². The number of likely N-dealkylation sites (N-methyl/N-ethyl adjacent to an activating group) is 1. The number of carbonyl (C=O) groups is 1. The minimum Gasteiger partial charge on any atom is -0.756 e. The van der Waals surface area contributed by atoms with Crippen molar-refractivity contribution in [2.24, 2.45) is 0 Å². The van der Waals surface area contributed by atoms with Gasteiger partial charge >= 0.3 is 5.97 Å². The molecule has 0 rings (SSSR count). The first-order chi connectivity index (χ1) is 27.6. The van der Waals surface area contributed by atoms with E-state index < -0.39 is 13.9 Å². The van der Waals surface area contributed by atoms with Crippen LogP contribution in [0.4, 0.5) is 0 Å². The Morgan fingerprint density at radius 3 is 1.16 bits per heavy atom. The van der Waals surface area contributed by atoms with Crippen LogP contribution in [0.2, 0.25) is 0 Å². The monoisotopic (exact) mass is 832 g/mol. The molecule has 0 saturated carbocycles. The highest BCUT2D eigenvalue weighted by atomic mass is 31.2. The van der Waals surface area contributed by atoms with E-state index in [0.29, 0.717) is 24.1 Å². The van der Waals surface area contributed by atoms with Gasteiger partial charge in [0.25, 0.3) is 7.82 Å². The summed E-state index contributed by atoms with van der Waals surface area (Å²) in [4.78, 5) is 25.1. The number of carbonyl (C=O) groups excluding carboxylic acids is 1. The fourth-order valence-corrected chi connectivity index (χ4v) is 8.04. The summed E-state index contributed by atoms with van der Waals surface area (Å²) >= 11 is 0. The minimum absolute atomic E-state index is 0.0316. The van der Waals surface area contributed by atoms with Crippen molar-refractivity contribution in [2.75, 3.05) is 54.1 Å². The minimum atomic E-state index is -4.52. The van der Waals surface area contributed by atoms with Crippen molar-refractivity contribution in [3.8, 4) is 0 Å². The maximum Gasteiger partial charge on any atom is 0.306 e. The molecule has 0 aromatic rings. The zero-order chi connectivity index (χ0) is 42.0. The first-order valence-corrected chi connectivity index (χ1v) is 26.2. The summed E-state index contributed by atoms with van der Waals surface area (Å²) in [5, 5.41) is 0. The summed E-state index contributed by atoms with van der Waals surface area (Å²) in [5.41, 5.74) is 0. The second-order valence-corrected chi connectivity index (χ2v) is 19.6. The summed E-state index contributed by atoms with van der Waals surface area (Å²) in [5.74, 6) is -0.326. The molecule has 0 fully saturated rings. The highest BCUT2D eigenvalue weighted by Crippen LogP contribution is 2.38. The highest BCUT2D eigenvalue weighted by molar-refractivity contribution is 7.45. The van der Waals surface area contributed by atoms with Crippen LogP contribution in [-0.4, -0.2) is 70.7 Å². The van der Waals surface area contributed by atoms with E-state index in [-0.39, 0.29) is 25.8 Å². The molecule has 0 N–H and O–H groups in total. The Balaban J connectivity index is 4.10. The van der Waals surface area contributed by atoms with E-state index in [4.69, 9.17) is 18.5 Å².